The number of rotatable bonds is 3. The number of carbonyl (C=O) groups is 1. The van der Waals surface area contributed by atoms with Crippen LogP contribution in [0.25, 0.3) is 0 Å². The van der Waals surface area contributed by atoms with Crippen LogP contribution in [0.3, 0.4) is 0 Å². The maximum Gasteiger partial charge on any atom is 0.310 e. The third-order valence-electron chi connectivity index (χ3n) is 3.29. The number of hydrogen-bond donors (Lipinski definition) is 2. The Morgan fingerprint density at radius 2 is 2.21 bits per heavy atom. The summed E-state index contributed by atoms with van der Waals surface area (Å²) in [5, 5.41) is 29.1. The maximum absolute atomic E-state index is 10.9. The molecule has 1 aromatic rings. The van der Waals surface area contributed by atoms with Gasteiger partial charge in [-0.3, -0.25) is 4.79 Å². The van der Waals surface area contributed by atoms with Gasteiger partial charge in [-0.25, -0.2) is 0 Å². The highest BCUT2D eigenvalue weighted by Crippen LogP contribution is 2.23. The molecule has 2 unspecified atom stereocenters. The highest BCUT2D eigenvalue weighted by molar-refractivity contribution is 5.73. The zero-order valence-electron chi connectivity index (χ0n) is 10.7. The largest absolute Gasteiger partial charge is 0.481 e. The van der Waals surface area contributed by atoms with Crippen LogP contribution in [0.2, 0.25) is 0 Å². The molecule has 6 nitrogen and oxygen atoms in total. The lowest BCUT2D eigenvalue weighted by Crippen LogP contribution is -2.20. The van der Waals surface area contributed by atoms with Crippen LogP contribution in [0, 0.1) is 31.1 Å². The number of carboxylic acids is 1. The lowest BCUT2D eigenvalue weighted by Gasteiger charge is -2.14. The van der Waals surface area contributed by atoms with Crippen LogP contribution in [-0.4, -0.2) is 27.3 Å². The Kier molecular flexibility index (Phi) is 3.47. The van der Waals surface area contributed by atoms with Crippen molar-refractivity contribution >= 4 is 11.8 Å². The molecule has 98 valence electrons. The van der Waals surface area contributed by atoms with Gasteiger partial charge in [-0.1, -0.05) is 12.2 Å². The Hall–Kier alpha value is -2.42. The summed E-state index contributed by atoms with van der Waals surface area (Å²) < 4.78 is 0. The number of anilines is 1. The van der Waals surface area contributed by atoms with Gasteiger partial charge in [0.15, 0.2) is 5.82 Å². The minimum atomic E-state index is -0.841. The number of hydrogen-bond acceptors (Lipinski definition) is 5. The van der Waals surface area contributed by atoms with Gasteiger partial charge in [-0.05, 0) is 25.8 Å². The van der Waals surface area contributed by atoms with E-state index in [9.17, 15) is 4.79 Å². The van der Waals surface area contributed by atoms with Crippen molar-refractivity contribution in [1.29, 1.82) is 5.26 Å². The van der Waals surface area contributed by atoms with Crippen molar-refractivity contribution in [2.45, 2.75) is 26.3 Å². The fraction of sp³-hybridized carbons (Fsp3) is 0.385. The van der Waals surface area contributed by atoms with Gasteiger partial charge in [0.05, 0.1) is 11.6 Å². The summed E-state index contributed by atoms with van der Waals surface area (Å²) in [6.45, 7) is 3.61. The van der Waals surface area contributed by atoms with Crippen molar-refractivity contribution < 1.29 is 9.90 Å². The van der Waals surface area contributed by atoms with Crippen molar-refractivity contribution in [2.24, 2.45) is 5.92 Å². The second kappa shape index (κ2) is 5.06. The first-order chi connectivity index (χ1) is 9.02. The summed E-state index contributed by atoms with van der Waals surface area (Å²) in [6.07, 6.45) is 3.89. The smallest absolute Gasteiger partial charge is 0.310 e. The molecule has 1 heterocycles. The van der Waals surface area contributed by atoms with E-state index in [0.29, 0.717) is 23.5 Å². The van der Waals surface area contributed by atoms with Gasteiger partial charge in [0.2, 0.25) is 0 Å². The highest BCUT2D eigenvalue weighted by Gasteiger charge is 2.25. The van der Waals surface area contributed by atoms with Crippen molar-refractivity contribution in [2.75, 3.05) is 5.32 Å². The molecule has 0 saturated carbocycles. The van der Waals surface area contributed by atoms with Crippen LogP contribution in [0.15, 0.2) is 12.2 Å². The van der Waals surface area contributed by atoms with Crippen LogP contribution in [0.4, 0.5) is 5.82 Å². The molecular formula is C13H14N4O2. The Bertz CT molecular complexity index is 589. The van der Waals surface area contributed by atoms with E-state index in [1.54, 1.807) is 19.1 Å². The third kappa shape index (κ3) is 2.55. The minimum absolute atomic E-state index is 0.135. The van der Waals surface area contributed by atoms with E-state index in [2.05, 4.69) is 21.6 Å². The zero-order chi connectivity index (χ0) is 14.0. The molecule has 2 N–H and O–H groups in total. The van der Waals surface area contributed by atoms with Gasteiger partial charge in [0.25, 0.3) is 0 Å². The molecule has 0 saturated heterocycles. The molecular weight excluding hydrogens is 244 g/mol. The Morgan fingerprint density at radius 3 is 2.79 bits per heavy atom. The summed E-state index contributed by atoms with van der Waals surface area (Å²) in [6, 6.07) is 1.97. The number of nitrogens with one attached hydrogen (secondary N) is 1. The first-order valence-corrected chi connectivity index (χ1v) is 5.94. The molecule has 1 aliphatic carbocycles. The van der Waals surface area contributed by atoms with Gasteiger partial charge in [0, 0.05) is 6.04 Å². The van der Waals surface area contributed by atoms with Gasteiger partial charge >= 0.3 is 5.97 Å². The van der Waals surface area contributed by atoms with E-state index < -0.39 is 11.9 Å². The van der Waals surface area contributed by atoms with Gasteiger partial charge < -0.3 is 10.4 Å². The second-order valence-corrected chi connectivity index (χ2v) is 4.56. The number of aliphatic carboxylic acids is 1. The van der Waals surface area contributed by atoms with Crippen molar-refractivity contribution in [1.82, 2.24) is 10.2 Å². The lowest BCUT2D eigenvalue weighted by atomic mass is 10.1. The Labute approximate surface area is 110 Å². The van der Waals surface area contributed by atoms with Crippen molar-refractivity contribution in [3.8, 4) is 6.07 Å². The number of nitrogens with zero attached hydrogens (tertiary/aromatic N) is 3. The summed E-state index contributed by atoms with van der Waals surface area (Å²) in [7, 11) is 0. The molecule has 2 atom stereocenters. The summed E-state index contributed by atoms with van der Waals surface area (Å²) >= 11 is 0. The molecule has 19 heavy (non-hydrogen) atoms. The van der Waals surface area contributed by atoms with Crippen molar-refractivity contribution in [3.05, 3.63) is 29.0 Å². The molecule has 0 aliphatic heterocycles. The molecule has 0 aromatic carbocycles. The number of carboxylic acid groups (broad SMARTS) is 1. The first-order valence-electron chi connectivity index (χ1n) is 5.94. The summed E-state index contributed by atoms with van der Waals surface area (Å²) in [5.74, 6) is -0.916. The van der Waals surface area contributed by atoms with Crippen LogP contribution >= 0.6 is 0 Å². The van der Waals surface area contributed by atoms with Gasteiger partial charge in [-0.2, -0.15) is 10.4 Å². The predicted molar refractivity (Wildman–Crippen MR) is 68.5 cm³/mol. The molecule has 0 radical (unpaired) electrons. The molecule has 1 aliphatic rings. The van der Waals surface area contributed by atoms with E-state index in [-0.39, 0.29) is 6.04 Å². The van der Waals surface area contributed by atoms with Gasteiger partial charge in [-0.15, -0.1) is 5.10 Å². The topological polar surface area (TPSA) is 98.9 Å². The van der Waals surface area contributed by atoms with E-state index in [1.165, 1.54) is 0 Å². The summed E-state index contributed by atoms with van der Waals surface area (Å²) in [5.41, 5.74) is 1.96. The van der Waals surface area contributed by atoms with E-state index in [0.717, 1.165) is 5.56 Å². The normalized spacial score (nSPS) is 21.1. The molecule has 0 bridgehead atoms. The average molecular weight is 258 g/mol. The minimum Gasteiger partial charge on any atom is -0.481 e. The van der Waals surface area contributed by atoms with Gasteiger partial charge in [0.1, 0.15) is 11.6 Å². The van der Waals surface area contributed by atoms with E-state index in [4.69, 9.17) is 10.4 Å². The Morgan fingerprint density at radius 1 is 1.47 bits per heavy atom. The number of nitriles is 1. The highest BCUT2D eigenvalue weighted by atomic mass is 16.4. The predicted octanol–water partition coefficient (Wildman–Crippen LogP) is 1.41. The van der Waals surface area contributed by atoms with Crippen LogP contribution in [0.5, 0.6) is 0 Å². The second-order valence-electron chi connectivity index (χ2n) is 4.56. The number of aryl methyl sites for hydroxylation is 1. The van der Waals surface area contributed by atoms with Crippen molar-refractivity contribution in [3.63, 3.8) is 0 Å². The zero-order valence-corrected chi connectivity index (χ0v) is 10.7. The average Bonchev–Trinajstić information content (AvgIpc) is 2.83. The van der Waals surface area contributed by atoms with Crippen LogP contribution in [-0.2, 0) is 4.79 Å². The maximum atomic E-state index is 10.9. The monoisotopic (exact) mass is 258 g/mol. The Balaban J connectivity index is 2.18. The van der Waals surface area contributed by atoms with Crippen LogP contribution < -0.4 is 5.32 Å². The molecule has 6 heteroatoms. The fourth-order valence-electron chi connectivity index (χ4n) is 2.01. The summed E-state index contributed by atoms with van der Waals surface area (Å²) in [4.78, 5) is 10.9. The molecule has 0 fully saturated rings. The quantitative estimate of drug-likeness (QED) is 0.795. The van der Waals surface area contributed by atoms with E-state index in [1.807, 2.05) is 6.92 Å². The fourth-order valence-corrected chi connectivity index (χ4v) is 2.01. The molecule has 2 rings (SSSR count). The van der Waals surface area contributed by atoms with Crippen LogP contribution in [0.1, 0.15) is 23.2 Å². The first kappa shape index (κ1) is 13.0. The molecule has 0 spiro atoms. The molecule has 1 aromatic heterocycles. The lowest BCUT2D eigenvalue weighted by molar-refractivity contribution is -0.140. The van der Waals surface area contributed by atoms with E-state index >= 15 is 0 Å². The third-order valence-corrected chi connectivity index (χ3v) is 3.29. The standard InChI is InChI=1S/C13H14N4O2/c1-7-8(2)16-17-12(11(7)6-14)15-10-4-3-9(5-10)13(18)19/h3-4,9-10H,5H2,1-2H3,(H,15,17)(H,18,19). The molecule has 0 amide bonds. The number of aromatic nitrogens is 2. The SMILES string of the molecule is Cc1nnc(NC2C=CC(C(=O)O)C2)c(C#N)c1C.